The number of pyridine rings is 1. The number of hydrogen-bond acceptors (Lipinski definition) is 11. The van der Waals surface area contributed by atoms with E-state index in [0.717, 1.165) is 31.8 Å². The van der Waals surface area contributed by atoms with Crippen molar-refractivity contribution in [2.75, 3.05) is 37.4 Å². The number of carbonyl (C=O) groups is 1. The Morgan fingerprint density at radius 3 is 2.38 bits per heavy atom. The molecule has 2 aliphatic rings. The van der Waals surface area contributed by atoms with E-state index in [0.29, 0.717) is 17.5 Å². The van der Waals surface area contributed by atoms with Gasteiger partial charge in [-0.15, -0.1) is 18.3 Å². The fourth-order valence-electron chi connectivity index (χ4n) is 7.55. The Kier molecular flexibility index (Phi) is 10.9. The Labute approximate surface area is 321 Å². The van der Waals surface area contributed by atoms with Crippen LogP contribution in [0.1, 0.15) is 64.5 Å². The number of halogens is 8. The second kappa shape index (κ2) is 15.0. The minimum Gasteiger partial charge on any atom is -0.462 e. The zero-order valence-corrected chi connectivity index (χ0v) is 32.0. The Balaban J connectivity index is 1.40. The zero-order valence-electron chi connectivity index (χ0n) is 31.3. The third-order valence-corrected chi connectivity index (χ3v) is 10.3. The van der Waals surface area contributed by atoms with Gasteiger partial charge in [0.2, 0.25) is 0 Å². The van der Waals surface area contributed by atoms with Crippen LogP contribution in [-0.4, -0.2) is 102 Å². The average Bonchev–Trinajstić information content (AvgIpc) is 3.70. The van der Waals surface area contributed by atoms with Crippen molar-refractivity contribution < 1.29 is 45.0 Å². The molecule has 304 valence electrons. The lowest BCUT2D eigenvalue weighted by atomic mass is 9.92. The van der Waals surface area contributed by atoms with Crippen LogP contribution in [0.4, 0.5) is 47.2 Å². The highest BCUT2D eigenvalue weighted by atomic mass is 35.5. The third kappa shape index (κ3) is 8.35. The smallest absolute Gasteiger partial charge is 0.462 e. The molecule has 2 N–H and O–H groups in total. The summed E-state index contributed by atoms with van der Waals surface area (Å²) in [6, 6.07) is -0.540. The summed E-state index contributed by atoms with van der Waals surface area (Å²) in [6.45, 7) is 9.55. The molecule has 2 aliphatic heterocycles. The Morgan fingerprint density at radius 2 is 1.77 bits per heavy atom. The number of ether oxygens (including phenoxy) is 2. The number of rotatable bonds is 7. The number of nitrogen functional groups attached to an aromatic ring is 1. The molecule has 21 heteroatoms. The van der Waals surface area contributed by atoms with E-state index in [9.17, 15) is 31.1 Å². The van der Waals surface area contributed by atoms with Gasteiger partial charge in [-0.05, 0) is 91.6 Å². The van der Waals surface area contributed by atoms with Crippen molar-refractivity contribution in [3.05, 3.63) is 40.4 Å². The molecule has 0 spiro atoms. The number of amides is 1. The molecular formula is C35H40ClF7N10O3. The molecule has 13 nitrogen and oxygen atoms in total. The molecule has 1 unspecified atom stereocenters. The fourth-order valence-corrected chi connectivity index (χ4v) is 7.83. The monoisotopic (exact) mass is 816 g/mol. The van der Waals surface area contributed by atoms with Gasteiger partial charge in [0.1, 0.15) is 30.1 Å². The van der Waals surface area contributed by atoms with Gasteiger partial charge in [0.25, 0.3) is 0 Å². The van der Waals surface area contributed by atoms with E-state index in [-0.39, 0.29) is 53.3 Å². The number of aromatic nitrogens is 6. The molecule has 0 radical (unpaired) electrons. The van der Waals surface area contributed by atoms with E-state index >= 15 is 4.39 Å². The van der Waals surface area contributed by atoms with Crippen molar-refractivity contribution in [1.29, 1.82) is 0 Å². The predicted octanol–water partition coefficient (Wildman–Crippen LogP) is 7.48. The number of nitrogens with two attached hydrogens (primary N) is 1. The number of carbonyl (C=O) groups excluding carboxylic acids is 1. The summed E-state index contributed by atoms with van der Waals surface area (Å²) in [5.41, 5.74) is 1.74. The molecule has 0 bridgehead atoms. The largest absolute Gasteiger partial charge is 0.575 e. The van der Waals surface area contributed by atoms with Crippen LogP contribution >= 0.6 is 11.6 Å². The SMILES string of the molecule is Cc1cc(N)nc(-c2c(Cl)cc3c(N4CCC(N(C(=O)n5cnc(OC(F)(F)F)n5)C(C)(C)C)C[C@@H]4C)nc(OC[C@@H]4CCCN4C)nc3c2F)c1C(F)(F)F. The molecule has 2 fully saturated rings. The second-order valence-corrected chi connectivity index (χ2v) is 15.4. The highest BCUT2D eigenvalue weighted by Crippen LogP contribution is 2.45. The number of benzene rings is 1. The maximum Gasteiger partial charge on any atom is 0.575 e. The lowest BCUT2D eigenvalue weighted by Crippen LogP contribution is -2.58. The predicted molar refractivity (Wildman–Crippen MR) is 192 cm³/mol. The number of alkyl halides is 6. The maximum atomic E-state index is 16.9. The highest BCUT2D eigenvalue weighted by molar-refractivity contribution is 6.34. The van der Waals surface area contributed by atoms with Crippen LogP contribution in [0.2, 0.25) is 5.02 Å². The Hall–Kier alpha value is -4.72. The zero-order chi connectivity index (χ0) is 41.1. The normalized spacial score (nSPS) is 19.8. The van der Waals surface area contributed by atoms with Gasteiger partial charge in [0, 0.05) is 35.6 Å². The number of likely N-dealkylation sites (N-methyl/N-ethyl adjacent to an activating group) is 1. The maximum absolute atomic E-state index is 16.9. The lowest BCUT2D eigenvalue weighted by Gasteiger charge is -2.47. The number of fused-ring (bicyclic) bond motifs is 1. The molecule has 6 rings (SSSR count). The van der Waals surface area contributed by atoms with Gasteiger partial charge in [-0.1, -0.05) is 11.6 Å². The van der Waals surface area contributed by atoms with E-state index in [1.54, 1.807) is 20.8 Å². The van der Waals surface area contributed by atoms with Gasteiger partial charge < -0.3 is 29.9 Å². The number of likely N-dealkylation sites (tertiary alicyclic amines) is 1. The molecule has 56 heavy (non-hydrogen) atoms. The topological polar surface area (TPSA) is 141 Å². The van der Waals surface area contributed by atoms with Gasteiger partial charge in [-0.25, -0.2) is 14.2 Å². The first-order valence-electron chi connectivity index (χ1n) is 17.7. The van der Waals surface area contributed by atoms with Crippen LogP contribution in [-0.2, 0) is 6.18 Å². The van der Waals surface area contributed by atoms with Crippen molar-refractivity contribution in [2.24, 2.45) is 0 Å². The van der Waals surface area contributed by atoms with Crippen molar-refractivity contribution in [3.63, 3.8) is 0 Å². The first-order valence-corrected chi connectivity index (χ1v) is 18.1. The number of aryl methyl sites for hydroxylation is 1. The van der Waals surface area contributed by atoms with Gasteiger partial charge in [-0.2, -0.15) is 32.8 Å². The molecule has 3 aromatic heterocycles. The number of hydrogen-bond donors (Lipinski definition) is 1. The molecule has 0 saturated carbocycles. The summed E-state index contributed by atoms with van der Waals surface area (Å²) in [5.74, 6) is -1.27. The minimum atomic E-state index is -5.06. The number of nitrogens with zero attached hydrogens (tertiary/aromatic N) is 9. The first-order chi connectivity index (χ1) is 26.0. The van der Waals surface area contributed by atoms with Crippen LogP contribution in [0.25, 0.3) is 22.2 Å². The molecule has 4 aromatic rings. The molecule has 2 saturated heterocycles. The summed E-state index contributed by atoms with van der Waals surface area (Å²) in [4.78, 5) is 35.6. The van der Waals surface area contributed by atoms with Crippen molar-refractivity contribution in [1.82, 2.24) is 39.5 Å². The van der Waals surface area contributed by atoms with Crippen LogP contribution in [0.5, 0.6) is 12.0 Å². The molecule has 5 heterocycles. The molecular weight excluding hydrogens is 777 g/mol. The summed E-state index contributed by atoms with van der Waals surface area (Å²) in [5, 5.41) is 3.28. The second-order valence-electron chi connectivity index (χ2n) is 15.0. The van der Waals surface area contributed by atoms with E-state index < -0.39 is 69.9 Å². The van der Waals surface area contributed by atoms with Gasteiger partial charge >= 0.3 is 30.6 Å². The van der Waals surface area contributed by atoms with Gasteiger partial charge in [-0.3, -0.25) is 0 Å². The third-order valence-electron chi connectivity index (χ3n) is 9.96. The standard InChI is InChI=1S/C35H40ClF7N10O3/c1-17-12-23(44)46-28(25(17)34(38,39)40)24-22(36)14-21-27(26(24)37)47-31(55-15-20-8-7-10-50(20)6)48-29(21)51-11-9-19(13-18(51)2)53(33(3,4)5)32(54)52-16-45-30(49-52)56-35(41,42)43/h12,14,16,18-20H,7-11,13,15H2,1-6H3,(H2,44,46)/t18-,19?,20-/m0/s1. The minimum absolute atomic E-state index is 0.0221. The van der Waals surface area contributed by atoms with E-state index in [2.05, 4.69) is 34.7 Å². The molecule has 1 aromatic carbocycles. The summed E-state index contributed by atoms with van der Waals surface area (Å²) < 4.78 is 109. The number of piperidine rings is 1. The lowest BCUT2D eigenvalue weighted by molar-refractivity contribution is -0.277. The number of anilines is 2. The molecule has 0 aliphatic carbocycles. The van der Waals surface area contributed by atoms with Gasteiger partial charge in [0.15, 0.2) is 5.82 Å². The van der Waals surface area contributed by atoms with Crippen molar-refractivity contribution in [2.45, 2.75) is 96.5 Å². The summed E-state index contributed by atoms with van der Waals surface area (Å²) in [7, 11) is 1.94. The molecule has 1 amide bonds. The van der Waals surface area contributed by atoms with E-state index in [4.69, 9.17) is 22.1 Å². The van der Waals surface area contributed by atoms with E-state index in [1.807, 2.05) is 18.9 Å². The Morgan fingerprint density at radius 1 is 1.05 bits per heavy atom. The quantitative estimate of drug-likeness (QED) is 0.186. The van der Waals surface area contributed by atoms with Crippen LogP contribution in [0.15, 0.2) is 18.5 Å². The van der Waals surface area contributed by atoms with E-state index in [1.165, 1.54) is 17.9 Å². The van der Waals surface area contributed by atoms with Crippen molar-refractivity contribution in [3.8, 4) is 23.3 Å². The van der Waals surface area contributed by atoms with Crippen LogP contribution < -0.4 is 20.1 Å². The first kappa shape index (κ1) is 40.9. The fraction of sp³-hybridized carbons (Fsp3) is 0.543. The van der Waals surface area contributed by atoms with Gasteiger partial charge in [0.05, 0.1) is 21.8 Å². The molecule has 3 atom stereocenters. The van der Waals surface area contributed by atoms with Crippen LogP contribution in [0.3, 0.4) is 0 Å². The van der Waals surface area contributed by atoms with Crippen LogP contribution in [0, 0.1) is 12.7 Å². The summed E-state index contributed by atoms with van der Waals surface area (Å²) in [6.07, 6.45) is -6.77. The summed E-state index contributed by atoms with van der Waals surface area (Å²) >= 11 is 6.64. The van der Waals surface area contributed by atoms with Crippen molar-refractivity contribution >= 4 is 40.2 Å². The highest BCUT2D eigenvalue weighted by Gasteiger charge is 2.42. The average molecular weight is 817 g/mol. The Bertz CT molecular complexity index is 2120.